The first-order valence-corrected chi connectivity index (χ1v) is 24.8. The molecule has 7 rings (SSSR count). The van der Waals surface area contributed by atoms with Gasteiger partial charge in [-0.3, -0.25) is 14.9 Å². The first-order chi connectivity index (χ1) is 29.6. The predicted octanol–water partition coefficient (Wildman–Crippen LogP) is 6.33. The van der Waals surface area contributed by atoms with Crippen LogP contribution in [0.2, 0.25) is 13.1 Å². The van der Waals surface area contributed by atoms with Crippen LogP contribution in [0.4, 0.5) is 11.4 Å². The number of nitrogens with zero attached hydrogens (tertiary/aromatic N) is 3. The van der Waals surface area contributed by atoms with Gasteiger partial charge in [0.25, 0.3) is 11.6 Å². The van der Waals surface area contributed by atoms with Crippen molar-refractivity contribution in [3.8, 4) is 0 Å². The van der Waals surface area contributed by atoms with Gasteiger partial charge in [-0.15, -0.1) is 0 Å². The lowest BCUT2D eigenvalue weighted by atomic mass is 9.84. The van der Waals surface area contributed by atoms with Crippen molar-refractivity contribution in [1.82, 2.24) is 9.89 Å². The minimum Gasteiger partial charge on any atom is -0.478 e. The van der Waals surface area contributed by atoms with Crippen molar-refractivity contribution in [3.05, 3.63) is 138 Å². The number of nitrogens with one attached hydrogen (secondary N) is 1. The molecule has 0 saturated carbocycles. The molecule has 0 aliphatic carbocycles. The molecule has 4 aromatic carbocycles. The third kappa shape index (κ3) is 8.56. The molecule has 3 heterocycles. The number of carbonyl (C=O) groups is 2. The summed E-state index contributed by atoms with van der Waals surface area (Å²) in [4.78, 5) is 40.4. The summed E-state index contributed by atoms with van der Waals surface area (Å²) in [7, 11) is 1.84. The summed E-state index contributed by atoms with van der Waals surface area (Å²) >= 11 is 0. The summed E-state index contributed by atoms with van der Waals surface area (Å²) in [6.07, 6.45) is 5.76. The normalized spacial score (nSPS) is 16.6. The van der Waals surface area contributed by atoms with Crippen LogP contribution in [0.5, 0.6) is 0 Å². The van der Waals surface area contributed by atoms with E-state index in [1.165, 1.54) is 21.5 Å². The van der Waals surface area contributed by atoms with Crippen molar-refractivity contribution in [3.63, 3.8) is 0 Å². The van der Waals surface area contributed by atoms with Gasteiger partial charge in [0.05, 0.1) is 35.8 Å². The molecule has 0 fully saturated rings. The van der Waals surface area contributed by atoms with Gasteiger partial charge in [-0.05, 0) is 139 Å². The van der Waals surface area contributed by atoms with Crippen molar-refractivity contribution in [2.45, 2.75) is 85.5 Å². The first-order valence-electron chi connectivity index (χ1n) is 21.8. The quantitative estimate of drug-likeness (QED) is 0.0495. The van der Waals surface area contributed by atoms with Gasteiger partial charge in [-0.25, -0.2) is 9.37 Å². The summed E-state index contributed by atoms with van der Waals surface area (Å²) in [6.45, 7) is 21.4. The number of carboxylic acids is 1. The number of benzene rings is 4. The number of nitro groups is 1. The molecular formula is C51H61N4O7Si+. The Balaban J connectivity index is 1.18. The summed E-state index contributed by atoms with van der Waals surface area (Å²) in [6, 6.07) is 19.4. The Morgan fingerprint density at radius 2 is 1.54 bits per heavy atom. The Morgan fingerprint density at radius 1 is 0.841 bits per heavy atom. The number of fused-ring (bicyclic) bond motifs is 4. The lowest BCUT2D eigenvalue weighted by molar-refractivity contribution is -0.385. The van der Waals surface area contributed by atoms with E-state index in [1.807, 2.05) is 13.0 Å². The van der Waals surface area contributed by atoms with E-state index in [-0.39, 0.29) is 46.3 Å². The van der Waals surface area contributed by atoms with E-state index in [0.717, 1.165) is 44.1 Å². The minimum atomic E-state index is -2.45. The van der Waals surface area contributed by atoms with E-state index in [4.69, 9.17) is 9.47 Å². The number of likely N-dealkylation sites (N-methyl/N-ethyl adjacent to an activating group) is 2. The van der Waals surface area contributed by atoms with Crippen molar-refractivity contribution in [2.24, 2.45) is 0 Å². The van der Waals surface area contributed by atoms with Crippen LogP contribution in [0, 0.1) is 17.0 Å². The number of nitro benzene ring substituents is 1. The number of aromatic carboxylic acids is 1. The molecule has 1 amide bonds. The zero-order chi connectivity index (χ0) is 45.8. The maximum absolute atomic E-state index is 13.8. The second-order valence-corrected chi connectivity index (χ2v) is 23.3. The maximum atomic E-state index is 13.8. The number of aryl methyl sites for hydroxylation is 2. The van der Waals surface area contributed by atoms with Crippen molar-refractivity contribution >= 4 is 58.4 Å². The molecule has 0 radical (unpaired) electrons. The van der Waals surface area contributed by atoms with Crippen molar-refractivity contribution < 1.29 is 29.1 Å². The third-order valence-electron chi connectivity index (χ3n) is 13.5. The second-order valence-electron chi connectivity index (χ2n) is 18.9. The number of allylic oxidation sites excluding steroid dienone is 2. The van der Waals surface area contributed by atoms with Crippen LogP contribution in [0.25, 0.3) is 16.7 Å². The fourth-order valence-electron chi connectivity index (χ4n) is 9.58. The number of amides is 1. The van der Waals surface area contributed by atoms with Gasteiger partial charge in [-0.1, -0.05) is 31.3 Å². The molecule has 4 aromatic rings. The van der Waals surface area contributed by atoms with E-state index in [0.29, 0.717) is 49.4 Å². The highest BCUT2D eigenvalue weighted by Gasteiger charge is 2.41. The SMILES string of the molecule is CC1=CC(C)(C)N(C)c2cc3c(cc21)C(c1cc(C(=O)NCCOCCOCCCc2ccc(C)cc2[N+](=O)[O-])ccc1C(=O)O)=c1cc2c(cc1[Si]3(C)C)=[N+](C)C(C)(C)C=C2C. The molecule has 3 aliphatic heterocycles. The van der Waals surface area contributed by atoms with Gasteiger partial charge in [0.15, 0.2) is 5.54 Å². The molecule has 0 unspecified atom stereocenters. The van der Waals surface area contributed by atoms with Gasteiger partial charge in [0.2, 0.25) is 5.36 Å². The highest BCUT2D eigenvalue weighted by Crippen LogP contribution is 2.41. The molecule has 2 N–H and O–H groups in total. The third-order valence-corrected chi connectivity index (χ3v) is 17.0. The minimum absolute atomic E-state index is 0.131. The van der Waals surface area contributed by atoms with Crippen LogP contribution in [0.15, 0.2) is 72.8 Å². The number of anilines is 1. The average molecular weight is 870 g/mol. The number of hydrogen-bond donors (Lipinski definition) is 2. The smallest absolute Gasteiger partial charge is 0.336 e. The van der Waals surface area contributed by atoms with Gasteiger partial charge >= 0.3 is 5.97 Å². The molecule has 0 atom stereocenters. The predicted molar refractivity (Wildman–Crippen MR) is 255 cm³/mol. The van der Waals surface area contributed by atoms with E-state index in [1.54, 1.807) is 30.3 Å². The van der Waals surface area contributed by atoms with Gasteiger partial charge in [0.1, 0.15) is 15.1 Å². The summed E-state index contributed by atoms with van der Waals surface area (Å²) in [5.41, 5.74) is 9.83. The molecular weight excluding hydrogens is 809 g/mol. The molecule has 12 heteroatoms. The van der Waals surface area contributed by atoms with E-state index >= 15 is 0 Å². The van der Waals surface area contributed by atoms with Crippen LogP contribution in [0.1, 0.15) is 102 Å². The average Bonchev–Trinajstić information content (AvgIpc) is 3.22. The lowest BCUT2D eigenvalue weighted by Crippen LogP contribution is -2.64. The maximum Gasteiger partial charge on any atom is 0.336 e. The molecule has 330 valence electrons. The highest BCUT2D eigenvalue weighted by atomic mass is 28.3. The van der Waals surface area contributed by atoms with Crippen LogP contribution in [0.3, 0.4) is 0 Å². The molecule has 0 saturated heterocycles. The molecule has 3 aliphatic rings. The Kier molecular flexibility index (Phi) is 12.3. The number of ether oxygens (including phenoxy) is 2. The van der Waals surface area contributed by atoms with E-state index < -0.39 is 14.0 Å². The lowest BCUT2D eigenvalue weighted by Gasteiger charge is -2.43. The van der Waals surface area contributed by atoms with Crippen LogP contribution >= 0.6 is 0 Å². The number of carboxylic acid groups (broad SMARTS) is 1. The molecule has 63 heavy (non-hydrogen) atoms. The number of carbonyl (C=O) groups excluding carboxylic acids is 1. The van der Waals surface area contributed by atoms with Gasteiger partial charge in [0, 0.05) is 74.1 Å². The highest BCUT2D eigenvalue weighted by molar-refractivity contribution is 7.01. The van der Waals surface area contributed by atoms with Gasteiger partial charge in [-0.2, -0.15) is 0 Å². The van der Waals surface area contributed by atoms with E-state index in [2.05, 4.69) is 120 Å². The van der Waals surface area contributed by atoms with Crippen LogP contribution in [-0.4, -0.2) is 88.1 Å². The molecule has 11 nitrogen and oxygen atoms in total. The summed E-state index contributed by atoms with van der Waals surface area (Å²) in [5, 5.41) is 29.8. The van der Waals surface area contributed by atoms with Crippen molar-refractivity contribution in [1.29, 1.82) is 0 Å². The number of rotatable bonds is 14. The topological polar surface area (TPSA) is 134 Å². The monoisotopic (exact) mass is 869 g/mol. The standard InChI is InChI=1S/C51H60N4O7Si/c1-31-14-15-34(42(23-31)55(59)60)13-12-19-61-21-22-62-20-18-52-48(56)35-16-17-36(49(57)58)39(24-35)47-40-25-37-32(2)29-50(4,5)53(8)43(37)27-45(40)63(10,11)46-28-44-38(26-41(46)47)33(3)30-51(6,7)54(44)9/h14-17,23-30H,12-13,18-22H2,1-11H3,(H-,52,56,57,58)/p+1. The van der Waals surface area contributed by atoms with Gasteiger partial charge < -0.3 is 24.8 Å². The Labute approximate surface area is 371 Å². The Hall–Kier alpha value is -5.69. The first kappa shape index (κ1) is 45.3. The largest absolute Gasteiger partial charge is 0.478 e. The number of hydrogen-bond acceptors (Lipinski definition) is 7. The Bertz CT molecular complexity index is 2770. The van der Waals surface area contributed by atoms with Crippen molar-refractivity contribution in [2.75, 3.05) is 52.0 Å². The zero-order valence-electron chi connectivity index (χ0n) is 38.6. The zero-order valence-corrected chi connectivity index (χ0v) is 39.6. The summed E-state index contributed by atoms with van der Waals surface area (Å²) < 4.78 is 13.8. The fourth-order valence-corrected chi connectivity index (χ4v) is 12.6. The second kappa shape index (κ2) is 17.1. The Morgan fingerprint density at radius 3 is 2.24 bits per heavy atom. The van der Waals surface area contributed by atoms with E-state index in [9.17, 15) is 24.8 Å². The molecule has 0 bridgehead atoms. The molecule has 0 spiro atoms. The fraction of sp³-hybridized carbons (Fsp3) is 0.392. The van der Waals surface area contributed by atoms with Crippen LogP contribution in [-0.2, 0) is 15.9 Å². The summed E-state index contributed by atoms with van der Waals surface area (Å²) in [5.74, 6) is -1.39. The van der Waals surface area contributed by atoms with Crippen LogP contribution < -0.4 is 35.7 Å². The molecule has 0 aromatic heterocycles.